The van der Waals surface area contributed by atoms with Crippen molar-refractivity contribution in [2.45, 2.75) is 13.3 Å². The fourth-order valence-electron chi connectivity index (χ4n) is 3.72. The zero-order chi connectivity index (χ0) is 23.6. The van der Waals surface area contributed by atoms with Gasteiger partial charge in [-0.1, -0.05) is 12.1 Å². The number of nitrogens with one attached hydrogen (secondary N) is 3. The monoisotopic (exact) mass is 453 g/mol. The molecule has 0 aliphatic carbocycles. The fourth-order valence-corrected chi connectivity index (χ4v) is 3.72. The molecule has 2 aromatic carbocycles. The van der Waals surface area contributed by atoms with E-state index in [2.05, 4.69) is 31.8 Å². The first kappa shape index (κ1) is 24.1. The first-order chi connectivity index (χ1) is 16.0. The zero-order valence-corrected chi connectivity index (χ0v) is 19.1. The Bertz CT molecular complexity index is 956. The van der Waals surface area contributed by atoms with Crippen LogP contribution in [0.2, 0.25) is 0 Å². The molecule has 0 bridgehead atoms. The lowest BCUT2D eigenvalue weighted by Gasteiger charge is -2.36. The minimum atomic E-state index is -0.715. The average Bonchev–Trinajstić information content (AvgIpc) is 2.83. The van der Waals surface area contributed by atoms with Crippen LogP contribution in [0.3, 0.4) is 0 Å². The van der Waals surface area contributed by atoms with Gasteiger partial charge in [0.2, 0.25) is 5.91 Å². The number of anilines is 3. The van der Waals surface area contributed by atoms with Gasteiger partial charge in [0.1, 0.15) is 5.75 Å². The van der Waals surface area contributed by atoms with Crippen molar-refractivity contribution in [3.05, 3.63) is 48.5 Å². The van der Waals surface area contributed by atoms with E-state index in [9.17, 15) is 14.4 Å². The summed E-state index contributed by atoms with van der Waals surface area (Å²) in [6, 6.07) is 14.6. The van der Waals surface area contributed by atoms with Gasteiger partial charge in [0.25, 0.3) is 0 Å². The van der Waals surface area contributed by atoms with E-state index in [0.29, 0.717) is 17.9 Å². The molecule has 0 saturated carbocycles. The Morgan fingerprint density at radius 1 is 0.879 bits per heavy atom. The van der Waals surface area contributed by atoms with Gasteiger partial charge >= 0.3 is 11.8 Å². The van der Waals surface area contributed by atoms with Crippen LogP contribution in [0.4, 0.5) is 17.1 Å². The largest absolute Gasteiger partial charge is 0.495 e. The normalized spacial score (nSPS) is 13.8. The molecule has 3 amide bonds. The summed E-state index contributed by atoms with van der Waals surface area (Å²) in [6.07, 6.45) is 0.763. The van der Waals surface area contributed by atoms with Crippen molar-refractivity contribution in [3.63, 3.8) is 0 Å². The van der Waals surface area contributed by atoms with Gasteiger partial charge in [-0.15, -0.1) is 0 Å². The Morgan fingerprint density at radius 2 is 1.52 bits per heavy atom. The molecular weight excluding hydrogens is 422 g/mol. The minimum Gasteiger partial charge on any atom is -0.495 e. The topological polar surface area (TPSA) is 103 Å². The van der Waals surface area contributed by atoms with E-state index in [-0.39, 0.29) is 5.91 Å². The Balaban J connectivity index is 1.33. The van der Waals surface area contributed by atoms with Crippen LogP contribution in [-0.4, -0.2) is 69.0 Å². The number of hydrogen-bond acceptors (Lipinski definition) is 6. The first-order valence-electron chi connectivity index (χ1n) is 11.0. The molecule has 1 fully saturated rings. The van der Waals surface area contributed by atoms with Crippen molar-refractivity contribution in [1.82, 2.24) is 10.2 Å². The van der Waals surface area contributed by atoms with Crippen molar-refractivity contribution < 1.29 is 19.1 Å². The second-order valence-corrected chi connectivity index (χ2v) is 7.82. The number of para-hydroxylation sites is 2. The number of amides is 3. The maximum Gasteiger partial charge on any atom is 0.313 e. The van der Waals surface area contributed by atoms with Crippen LogP contribution in [0.5, 0.6) is 5.75 Å². The summed E-state index contributed by atoms with van der Waals surface area (Å²) in [4.78, 5) is 39.9. The van der Waals surface area contributed by atoms with Crippen LogP contribution >= 0.6 is 0 Å². The molecule has 3 rings (SSSR count). The Hall–Kier alpha value is -3.59. The molecule has 3 N–H and O–H groups in total. The number of nitrogens with zero attached hydrogens (tertiary/aromatic N) is 2. The molecule has 0 atom stereocenters. The van der Waals surface area contributed by atoms with Crippen LogP contribution in [0.25, 0.3) is 0 Å². The maximum absolute atomic E-state index is 12.1. The van der Waals surface area contributed by atoms with E-state index in [0.717, 1.165) is 50.6 Å². The quantitative estimate of drug-likeness (QED) is 0.417. The molecule has 2 aromatic rings. The summed E-state index contributed by atoms with van der Waals surface area (Å²) in [5.41, 5.74) is 2.22. The Kier molecular flexibility index (Phi) is 8.65. The molecule has 0 aromatic heterocycles. The lowest BCUT2D eigenvalue weighted by atomic mass is 10.2. The third-order valence-electron chi connectivity index (χ3n) is 5.40. The third-order valence-corrected chi connectivity index (χ3v) is 5.40. The number of benzene rings is 2. The smallest absolute Gasteiger partial charge is 0.313 e. The highest BCUT2D eigenvalue weighted by Gasteiger charge is 2.19. The molecular formula is C24H31N5O4. The van der Waals surface area contributed by atoms with Crippen LogP contribution in [0.15, 0.2) is 48.5 Å². The number of carbonyl (C=O) groups is 3. The summed E-state index contributed by atoms with van der Waals surface area (Å²) in [5, 5.41) is 7.86. The SMILES string of the molecule is COc1ccccc1N1CCN(CCCNC(=O)C(=O)Nc2ccc(NC(C)=O)cc2)CC1. The number of methoxy groups -OCH3 is 1. The second-order valence-electron chi connectivity index (χ2n) is 7.82. The van der Waals surface area contributed by atoms with Gasteiger partial charge < -0.3 is 25.6 Å². The highest BCUT2D eigenvalue weighted by Crippen LogP contribution is 2.28. The summed E-state index contributed by atoms with van der Waals surface area (Å²) < 4.78 is 5.46. The molecule has 1 heterocycles. The predicted octanol–water partition coefficient (Wildman–Crippen LogP) is 1.92. The highest BCUT2D eigenvalue weighted by atomic mass is 16.5. The van der Waals surface area contributed by atoms with Crippen LogP contribution < -0.4 is 25.6 Å². The van der Waals surface area contributed by atoms with Gasteiger partial charge in [-0.05, 0) is 49.4 Å². The number of hydrogen-bond donors (Lipinski definition) is 3. The third kappa shape index (κ3) is 7.21. The lowest BCUT2D eigenvalue weighted by Crippen LogP contribution is -2.47. The van der Waals surface area contributed by atoms with Crippen molar-refractivity contribution in [2.75, 3.05) is 61.9 Å². The van der Waals surface area contributed by atoms with Crippen LogP contribution in [0.1, 0.15) is 13.3 Å². The molecule has 176 valence electrons. The highest BCUT2D eigenvalue weighted by molar-refractivity contribution is 6.39. The van der Waals surface area contributed by atoms with E-state index in [1.54, 1.807) is 31.4 Å². The van der Waals surface area contributed by atoms with Gasteiger partial charge in [-0.25, -0.2) is 0 Å². The molecule has 0 spiro atoms. The zero-order valence-electron chi connectivity index (χ0n) is 19.1. The lowest BCUT2D eigenvalue weighted by molar-refractivity contribution is -0.136. The standard InChI is InChI=1S/C24H31N5O4/c1-18(30)26-19-8-10-20(11-9-19)27-24(32)23(31)25-12-5-13-28-14-16-29(17-15-28)21-6-3-4-7-22(21)33-2/h3-4,6-11H,5,12-17H2,1-2H3,(H,25,31)(H,26,30)(H,27,32). The second kappa shape index (κ2) is 11.9. The summed E-state index contributed by atoms with van der Waals surface area (Å²) >= 11 is 0. The van der Waals surface area contributed by atoms with E-state index >= 15 is 0 Å². The van der Waals surface area contributed by atoms with Gasteiger partial charge in [0.15, 0.2) is 0 Å². The van der Waals surface area contributed by atoms with E-state index in [4.69, 9.17) is 4.74 Å². The molecule has 0 radical (unpaired) electrons. The number of piperazine rings is 1. The predicted molar refractivity (Wildman–Crippen MR) is 129 cm³/mol. The van der Waals surface area contributed by atoms with Crippen molar-refractivity contribution in [1.29, 1.82) is 0 Å². The first-order valence-corrected chi connectivity index (χ1v) is 11.0. The number of carbonyl (C=O) groups excluding carboxylic acids is 3. The fraction of sp³-hybridized carbons (Fsp3) is 0.375. The summed E-state index contributed by atoms with van der Waals surface area (Å²) in [5.74, 6) is -0.672. The number of rotatable bonds is 8. The van der Waals surface area contributed by atoms with E-state index in [1.165, 1.54) is 6.92 Å². The minimum absolute atomic E-state index is 0.176. The van der Waals surface area contributed by atoms with Crippen molar-refractivity contribution in [3.8, 4) is 5.75 Å². The van der Waals surface area contributed by atoms with Gasteiger partial charge in [-0.2, -0.15) is 0 Å². The Labute approximate surface area is 194 Å². The molecule has 1 aliphatic rings. The molecule has 1 saturated heterocycles. The average molecular weight is 454 g/mol. The van der Waals surface area contributed by atoms with Gasteiger partial charge in [0.05, 0.1) is 12.8 Å². The molecule has 9 nitrogen and oxygen atoms in total. The maximum atomic E-state index is 12.1. The molecule has 33 heavy (non-hydrogen) atoms. The van der Waals surface area contributed by atoms with Crippen molar-refractivity contribution in [2.24, 2.45) is 0 Å². The van der Waals surface area contributed by atoms with Crippen molar-refractivity contribution >= 4 is 34.8 Å². The number of ether oxygens (including phenoxy) is 1. The molecule has 9 heteroatoms. The van der Waals surface area contributed by atoms with Crippen LogP contribution in [0, 0.1) is 0 Å². The molecule has 1 aliphatic heterocycles. The van der Waals surface area contributed by atoms with Gasteiger partial charge in [-0.3, -0.25) is 19.3 Å². The van der Waals surface area contributed by atoms with Gasteiger partial charge in [0, 0.05) is 51.0 Å². The summed E-state index contributed by atoms with van der Waals surface area (Å²) in [6.45, 7) is 6.39. The van der Waals surface area contributed by atoms with Crippen LogP contribution in [-0.2, 0) is 14.4 Å². The summed E-state index contributed by atoms with van der Waals surface area (Å²) in [7, 11) is 1.69. The van der Waals surface area contributed by atoms with E-state index < -0.39 is 11.8 Å². The molecule has 0 unspecified atom stereocenters. The Morgan fingerprint density at radius 3 is 2.15 bits per heavy atom. The van der Waals surface area contributed by atoms with E-state index in [1.807, 2.05) is 18.2 Å².